The topological polar surface area (TPSA) is 75.6 Å². The second-order valence-electron chi connectivity index (χ2n) is 10.4. The van der Waals surface area contributed by atoms with E-state index in [1.807, 2.05) is 68.4 Å². The molecule has 0 saturated carbocycles. The molecule has 5 nitrogen and oxygen atoms in total. The molecule has 0 aliphatic heterocycles. The molecule has 2 N–H and O–H groups in total. The second kappa shape index (κ2) is 12.0. The Labute approximate surface area is 224 Å². The van der Waals surface area contributed by atoms with Crippen molar-refractivity contribution in [2.45, 2.75) is 52.6 Å². The van der Waals surface area contributed by atoms with Gasteiger partial charge in [-0.25, -0.2) is 4.79 Å². The predicted molar refractivity (Wildman–Crippen MR) is 153 cm³/mol. The summed E-state index contributed by atoms with van der Waals surface area (Å²) in [4.78, 5) is 25.8. The van der Waals surface area contributed by atoms with Crippen LogP contribution >= 0.6 is 0 Å². The van der Waals surface area contributed by atoms with Crippen LogP contribution in [0.4, 0.5) is 5.69 Å². The first kappa shape index (κ1) is 26.9. The Morgan fingerprint density at radius 2 is 1.55 bits per heavy atom. The van der Waals surface area contributed by atoms with Gasteiger partial charge in [-0.15, -0.1) is 0 Å². The summed E-state index contributed by atoms with van der Waals surface area (Å²) in [6.45, 7) is 8.15. The minimum absolute atomic E-state index is 0.0264. The van der Waals surface area contributed by atoms with Gasteiger partial charge in [-0.3, -0.25) is 4.79 Å². The van der Waals surface area contributed by atoms with E-state index in [2.05, 4.69) is 37.4 Å². The maximum Gasteiger partial charge on any atom is 0.335 e. The number of fused-ring (bicyclic) bond motifs is 1. The van der Waals surface area contributed by atoms with Gasteiger partial charge < -0.3 is 15.2 Å². The van der Waals surface area contributed by atoms with Crippen molar-refractivity contribution in [3.8, 4) is 5.75 Å². The first-order chi connectivity index (χ1) is 18.2. The fourth-order valence-electron chi connectivity index (χ4n) is 4.88. The fraction of sp³-hybridized carbons (Fsp3) is 0.273. The molecule has 0 aliphatic carbocycles. The molecule has 1 atom stereocenters. The van der Waals surface area contributed by atoms with E-state index in [-0.39, 0.29) is 23.5 Å². The largest absolute Gasteiger partial charge is 0.491 e. The third kappa shape index (κ3) is 6.41. The first-order valence-electron chi connectivity index (χ1n) is 13.1. The van der Waals surface area contributed by atoms with Crippen LogP contribution in [0.5, 0.6) is 5.75 Å². The molecule has 0 radical (unpaired) electrons. The van der Waals surface area contributed by atoms with Gasteiger partial charge in [-0.1, -0.05) is 80.6 Å². The number of nitrogens with one attached hydrogen (secondary N) is 1. The molecule has 38 heavy (non-hydrogen) atoms. The van der Waals surface area contributed by atoms with Crippen molar-refractivity contribution in [3.63, 3.8) is 0 Å². The summed E-state index contributed by atoms with van der Waals surface area (Å²) in [6, 6.07) is 26.8. The van der Waals surface area contributed by atoms with Crippen LogP contribution in [0.25, 0.3) is 10.8 Å². The molecular formula is C33H35NO4. The Hall–Kier alpha value is -4.12. The molecule has 0 aliphatic rings. The van der Waals surface area contributed by atoms with Crippen molar-refractivity contribution in [3.05, 3.63) is 107 Å². The zero-order chi connectivity index (χ0) is 27.2. The van der Waals surface area contributed by atoms with Crippen molar-refractivity contribution < 1.29 is 19.4 Å². The molecule has 4 aromatic carbocycles. The Morgan fingerprint density at radius 1 is 0.842 bits per heavy atom. The highest BCUT2D eigenvalue weighted by atomic mass is 16.5. The molecule has 5 heteroatoms. The normalized spacial score (nSPS) is 12.1. The average molecular weight is 510 g/mol. The van der Waals surface area contributed by atoms with Crippen molar-refractivity contribution in [1.29, 1.82) is 0 Å². The number of carboxylic acids is 1. The lowest BCUT2D eigenvalue weighted by atomic mass is 9.86. The molecule has 0 aromatic heterocycles. The number of hydrogen-bond donors (Lipinski definition) is 2. The standard InChI is InChI=1S/C33H35NO4/c1-21(2)18-30(29-15-9-12-23-10-5-7-13-27(23)29)32(35)34-31-20-26(38-22(3)4)17-16-25(31)19-24-11-6-8-14-28(24)33(36)37/h5-17,20-22,30H,18-19H2,1-4H3,(H,34,35)(H,36,37). The number of carbonyl (C=O) groups excluding carboxylic acids is 1. The second-order valence-corrected chi connectivity index (χ2v) is 10.4. The van der Waals surface area contributed by atoms with Crippen LogP contribution in [-0.4, -0.2) is 23.1 Å². The molecule has 0 bridgehead atoms. The lowest BCUT2D eigenvalue weighted by molar-refractivity contribution is -0.117. The van der Waals surface area contributed by atoms with Gasteiger partial charge in [0.25, 0.3) is 0 Å². The maximum absolute atomic E-state index is 14.0. The summed E-state index contributed by atoms with van der Waals surface area (Å²) in [5.74, 6) is -0.461. The average Bonchev–Trinajstić information content (AvgIpc) is 2.88. The third-order valence-corrected chi connectivity index (χ3v) is 6.56. The highest BCUT2D eigenvalue weighted by Crippen LogP contribution is 2.33. The Morgan fingerprint density at radius 3 is 2.29 bits per heavy atom. The number of carbonyl (C=O) groups is 2. The van der Waals surface area contributed by atoms with Gasteiger partial charge in [0.1, 0.15) is 5.75 Å². The Bertz CT molecular complexity index is 1430. The maximum atomic E-state index is 14.0. The number of hydrogen-bond acceptors (Lipinski definition) is 3. The lowest BCUT2D eigenvalue weighted by Crippen LogP contribution is -2.23. The van der Waals surface area contributed by atoms with E-state index < -0.39 is 5.97 Å². The molecule has 4 rings (SSSR count). The van der Waals surface area contributed by atoms with Gasteiger partial charge in [0, 0.05) is 18.2 Å². The number of benzene rings is 4. The summed E-state index contributed by atoms with van der Waals surface area (Å²) in [5, 5.41) is 15.1. The summed E-state index contributed by atoms with van der Waals surface area (Å²) in [7, 11) is 0. The Kier molecular flexibility index (Phi) is 8.47. The van der Waals surface area contributed by atoms with Crippen LogP contribution < -0.4 is 10.1 Å². The van der Waals surface area contributed by atoms with Gasteiger partial charge in [0.2, 0.25) is 5.91 Å². The number of rotatable bonds is 10. The number of carboxylic acid groups (broad SMARTS) is 1. The number of amides is 1. The highest BCUT2D eigenvalue weighted by molar-refractivity contribution is 6.00. The number of aromatic carboxylic acids is 1. The molecule has 196 valence electrons. The molecule has 0 fully saturated rings. The minimum atomic E-state index is -0.973. The minimum Gasteiger partial charge on any atom is -0.491 e. The van der Waals surface area contributed by atoms with Crippen molar-refractivity contribution in [2.24, 2.45) is 5.92 Å². The van der Waals surface area contributed by atoms with E-state index in [0.717, 1.165) is 21.9 Å². The van der Waals surface area contributed by atoms with Gasteiger partial charge in [0.15, 0.2) is 0 Å². The van der Waals surface area contributed by atoms with E-state index >= 15 is 0 Å². The molecule has 0 spiro atoms. The van der Waals surface area contributed by atoms with Crippen LogP contribution in [0.15, 0.2) is 84.9 Å². The monoisotopic (exact) mass is 509 g/mol. The van der Waals surface area contributed by atoms with Gasteiger partial charge in [-0.2, -0.15) is 0 Å². The van der Waals surface area contributed by atoms with E-state index in [1.54, 1.807) is 12.1 Å². The van der Waals surface area contributed by atoms with Gasteiger partial charge in [-0.05, 0) is 65.8 Å². The van der Waals surface area contributed by atoms with Crippen LogP contribution in [0.3, 0.4) is 0 Å². The van der Waals surface area contributed by atoms with Crippen molar-refractivity contribution >= 4 is 28.3 Å². The summed E-state index contributed by atoms with van der Waals surface area (Å²) in [5.41, 5.74) is 3.38. The van der Waals surface area contributed by atoms with E-state index in [0.29, 0.717) is 35.8 Å². The van der Waals surface area contributed by atoms with Crippen molar-refractivity contribution in [2.75, 3.05) is 5.32 Å². The molecule has 1 amide bonds. The van der Waals surface area contributed by atoms with E-state index in [1.165, 1.54) is 0 Å². The quantitative estimate of drug-likeness (QED) is 0.230. The summed E-state index contributed by atoms with van der Waals surface area (Å²) in [6.07, 6.45) is 1.03. The van der Waals surface area contributed by atoms with Gasteiger partial charge >= 0.3 is 5.97 Å². The molecular weight excluding hydrogens is 474 g/mol. The molecule has 0 heterocycles. The van der Waals surface area contributed by atoms with E-state index in [4.69, 9.17) is 4.74 Å². The summed E-state index contributed by atoms with van der Waals surface area (Å²) >= 11 is 0. The number of ether oxygens (including phenoxy) is 1. The zero-order valence-corrected chi connectivity index (χ0v) is 22.4. The van der Waals surface area contributed by atoms with Gasteiger partial charge in [0.05, 0.1) is 17.6 Å². The smallest absolute Gasteiger partial charge is 0.335 e. The molecule has 4 aromatic rings. The lowest BCUT2D eigenvalue weighted by Gasteiger charge is -2.22. The third-order valence-electron chi connectivity index (χ3n) is 6.56. The van der Waals surface area contributed by atoms with Crippen molar-refractivity contribution in [1.82, 2.24) is 0 Å². The van der Waals surface area contributed by atoms with Crippen LogP contribution in [0, 0.1) is 5.92 Å². The predicted octanol–water partition coefficient (Wildman–Crippen LogP) is 7.68. The Balaban J connectivity index is 1.74. The van der Waals surface area contributed by atoms with Crippen LogP contribution in [0.1, 0.15) is 67.1 Å². The number of anilines is 1. The summed E-state index contributed by atoms with van der Waals surface area (Å²) < 4.78 is 5.93. The SMILES string of the molecule is CC(C)CC(C(=O)Nc1cc(OC(C)C)ccc1Cc1ccccc1C(=O)O)c1cccc2ccccc12. The fourth-order valence-corrected chi connectivity index (χ4v) is 4.88. The van der Waals surface area contributed by atoms with E-state index in [9.17, 15) is 14.7 Å². The zero-order valence-electron chi connectivity index (χ0n) is 22.4. The van der Waals surface area contributed by atoms with Crippen LogP contribution in [-0.2, 0) is 11.2 Å². The highest BCUT2D eigenvalue weighted by Gasteiger charge is 2.25. The van der Waals surface area contributed by atoms with Crippen LogP contribution in [0.2, 0.25) is 0 Å². The molecule has 0 saturated heterocycles. The molecule has 1 unspecified atom stereocenters. The first-order valence-corrected chi connectivity index (χ1v) is 13.1.